The number of carbonyl (C=O) groups is 1. The minimum atomic E-state index is -3.83. The van der Waals surface area contributed by atoms with Crippen molar-refractivity contribution < 1.29 is 26.7 Å². The van der Waals surface area contributed by atoms with E-state index >= 15 is 0 Å². The molecule has 0 saturated heterocycles. The summed E-state index contributed by atoms with van der Waals surface area (Å²) in [6.45, 7) is -0.649. The molecule has 112 valence electrons. The number of hydrogen-bond acceptors (Lipinski definition) is 4. The largest absolute Gasteiger partial charge is 0.374 e. The summed E-state index contributed by atoms with van der Waals surface area (Å²) in [4.78, 5) is 11.5. The lowest BCUT2D eigenvalue weighted by atomic mass is 10.2. The number of halogens is 3. The summed E-state index contributed by atoms with van der Waals surface area (Å²) in [5.74, 6) is -0.468. The molecule has 1 rings (SSSR count). The Morgan fingerprint density at radius 1 is 1.30 bits per heavy atom. The lowest BCUT2D eigenvalue weighted by molar-refractivity contribution is 0.0188. The predicted octanol–water partition coefficient (Wildman–Crippen LogP) is 1.63. The van der Waals surface area contributed by atoms with Crippen LogP contribution in [-0.2, 0) is 13.8 Å². The second kappa shape index (κ2) is 7.51. The zero-order valence-corrected chi connectivity index (χ0v) is 11.8. The molecule has 0 spiro atoms. The van der Waals surface area contributed by atoms with E-state index in [1.807, 2.05) is 0 Å². The van der Waals surface area contributed by atoms with Crippen LogP contribution in [0.25, 0.3) is 0 Å². The van der Waals surface area contributed by atoms with Crippen molar-refractivity contribution in [2.24, 2.45) is 0 Å². The third-order valence-corrected chi connectivity index (χ3v) is 3.54. The van der Waals surface area contributed by atoms with Crippen LogP contribution in [0.4, 0.5) is 8.78 Å². The number of carbonyl (C=O) groups excluding carboxylic acids is 1. The number of benzene rings is 1. The van der Waals surface area contributed by atoms with Gasteiger partial charge < -0.3 is 10.1 Å². The Kier molecular flexibility index (Phi) is 6.31. The standard InChI is InChI=1S/C11H12ClF2NO4S/c12-20(17,18)9-3-1-8(2-4-9)11(16)15-5-6-19-7-10(13)14/h1-4,10H,5-7H2,(H,15,16). The smallest absolute Gasteiger partial charge is 0.261 e. The highest BCUT2D eigenvalue weighted by Gasteiger charge is 2.11. The van der Waals surface area contributed by atoms with Crippen LogP contribution in [0.1, 0.15) is 10.4 Å². The second-order valence-electron chi connectivity index (χ2n) is 3.68. The predicted molar refractivity (Wildman–Crippen MR) is 68.6 cm³/mol. The van der Waals surface area contributed by atoms with Gasteiger partial charge in [-0.2, -0.15) is 0 Å². The van der Waals surface area contributed by atoms with E-state index in [1.54, 1.807) is 0 Å². The van der Waals surface area contributed by atoms with Gasteiger partial charge in [-0.25, -0.2) is 17.2 Å². The molecular weight excluding hydrogens is 316 g/mol. The van der Waals surface area contributed by atoms with Gasteiger partial charge in [0.05, 0.1) is 11.5 Å². The second-order valence-corrected chi connectivity index (χ2v) is 6.25. The summed E-state index contributed by atoms with van der Waals surface area (Å²) < 4.78 is 50.1. The number of ether oxygens (including phenoxy) is 1. The molecule has 9 heteroatoms. The molecule has 1 amide bonds. The Labute approximate surface area is 119 Å². The van der Waals surface area contributed by atoms with Crippen molar-refractivity contribution in [1.82, 2.24) is 5.32 Å². The lowest BCUT2D eigenvalue weighted by Gasteiger charge is -2.06. The minimum Gasteiger partial charge on any atom is -0.374 e. The molecule has 0 radical (unpaired) electrons. The van der Waals surface area contributed by atoms with E-state index < -0.39 is 28.0 Å². The Morgan fingerprint density at radius 2 is 1.90 bits per heavy atom. The van der Waals surface area contributed by atoms with Crippen LogP contribution in [0.5, 0.6) is 0 Å². The van der Waals surface area contributed by atoms with Crippen LogP contribution in [0.2, 0.25) is 0 Å². The molecule has 20 heavy (non-hydrogen) atoms. The van der Waals surface area contributed by atoms with Gasteiger partial charge in [-0.3, -0.25) is 4.79 Å². The maximum Gasteiger partial charge on any atom is 0.261 e. The summed E-state index contributed by atoms with van der Waals surface area (Å²) in [5, 5.41) is 2.44. The summed E-state index contributed by atoms with van der Waals surface area (Å²) in [6.07, 6.45) is -2.55. The first-order valence-corrected chi connectivity index (χ1v) is 7.80. The molecule has 0 aromatic heterocycles. The third kappa shape index (κ3) is 5.81. The maximum atomic E-state index is 11.7. The van der Waals surface area contributed by atoms with E-state index in [-0.39, 0.29) is 23.6 Å². The fraction of sp³-hybridized carbons (Fsp3) is 0.364. The van der Waals surface area contributed by atoms with E-state index in [4.69, 9.17) is 10.7 Å². The molecule has 0 saturated carbocycles. The zero-order chi connectivity index (χ0) is 15.2. The number of rotatable bonds is 7. The van der Waals surface area contributed by atoms with Crippen molar-refractivity contribution in [1.29, 1.82) is 0 Å². The summed E-state index contributed by atoms with van der Waals surface area (Å²) in [7, 11) is 1.30. The Bertz CT molecular complexity index is 548. The van der Waals surface area contributed by atoms with Crippen molar-refractivity contribution in [2.75, 3.05) is 19.8 Å². The molecule has 0 aliphatic carbocycles. The lowest BCUT2D eigenvalue weighted by Crippen LogP contribution is -2.27. The number of alkyl halides is 2. The first-order chi connectivity index (χ1) is 9.30. The molecule has 0 aliphatic rings. The van der Waals surface area contributed by atoms with Gasteiger partial charge in [0, 0.05) is 22.8 Å². The molecule has 0 unspecified atom stereocenters. The molecule has 0 aliphatic heterocycles. The van der Waals surface area contributed by atoms with Crippen molar-refractivity contribution >= 4 is 25.6 Å². The Morgan fingerprint density at radius 3 is 2.40 bits per heavy atom. The molecule has 0 atom stereocenters. The highest BCUT2D eigenvalue weighted by molar-refractivity contribution is 8.13. The average molecular weight is 328 g/mol. The maximum absolute atomic E-state index is 11.7. The van der Waals surface area contributed by atoms with E-state index in [9.17, 15) is 22.0 Å². The van der Waals surface area contributed by atoms with Gasteiger partial charge in [0.1, 0.15) is 6.61 Å². The fourth-order valence-corrected chi connectivity index (χ4v) is 2.05. The third-order valence-electron chi connectivity index (χ3n) is 2.17. The van der Waals surface area contributed by atoms with E-state index in [2.05, 4.69) is 10.1 Å². The van der Waals surface area contributed by atoms with Crippen LogP contribution < -0.4 is 5.32 Å². The van der Waals surface area contributed by atoms with Crippen molar-refractivity contribution in [3.63, 3.8) is 0 Å². The highest BCUT2D eigenvalue weighted by atomic mass is 35.7. The van der Waals surface area contributed by atoms with Gasteiger partial charge in [0.25, 0.3) is 21.4 Å². The summed E-state index contributed by atoms with van der Waals surface area (Å²) >= 11 is 0. The van der Waals surface area contributed by atoms with Gasteiger partial charge in [0.15, 0.2) is 0 Å². The van der Waals surface area contributed by atoms with E-state index in [1.165, 1.54) is 24.3 Å². The van der Waals surface area contributed by atoms with Crippen LogP contribution in [0.3, 0.4) is 0 Å². The summed E-state index contributed by atoms with van der Waals surface area (Å²) in [5.41, 5.74) is 0.225. The van der Waals surface area contributed by atoms with Crippen LogP contribution in [0, 0.1) is 0 Å². The fourth-order valence-electron chi connectivity index (χ4n) is 1.28. The molecule has 0 bridgehead atoms. The molecular formula is C11H12ClF2NO4S. The van der Waals surface area contributed by atoms with Gasteiger partial charge in [-0.15, -0.1) is 0 Å². The monoisotopic (exact) mass is 327 g/mol. The average Bonchev–Trinajstić information content (AvgIpc) is 2.37. The quantitative estimate of drug-likeness (QED) is 0.610. The van der Waals surface area contributed by atoms with Crippen LogP contribution in [-0.4, -0.2) is 40.5 Å². The number of amides is 1. The first-order valence-electron chi connectivity index (χ1n) is 5.49. The molecule has 1 aromatic rings. The zero-order valence-electron chi connectivity index (χ0n) is 10.2. The first kappa shape index (κ1) is 16.8. The number of hydrogen-bond donors (Lipinski definition) is 1. The van der Waals surface area contributed by atoms with Gasteiger partial charge in [0.2, 0.25) is 0 Å². The SMILES string of the molecule is O=C(NCCOCC(F)F)c1ccc(S(=O)(=O)Cl)cc1. The van der Waals surface area contributed by atoms with Crippen molar-refractivity contribution in [3.05, 3.63) is 29.8 Å². The van der Waals surface area contributed by atoms with Gasteiger partial charge >= 0.3 is 0 Å². The van der Waals surface area contributed by atoms with Crippen molar-refractivity contribution in [3.8, 4) is 0 Å². The molecule has 0 heterocycles. The molecule has 0 fully saturated rings. The Balaban J connectivity index is 2.44. The highest BCUT2D eigenvalue weighted by Crippen LogP contribution is 2.15. The van der Waals surface area contributed by atoms with Gasteiger partial charge in [-0.1, -0.05) is 0 Å². The van der Waals surface area contributed by atoms with Gasteiger partial charge in [-0.05, 0) is 24.3 Å². The van der Waals surface area contributed by atoms with E-state index in [0.717, 1.165) is 0 Å². The van der Waals surface area contributed by atoms with Crippen molar-refractivity contribution in [2.45, 2.75) is 11.3 Å². The molecule has 1 aromatic carbocycles. The normalized spacial score (nSPS) is 11.6. The topological polar surface area (TPSA) is 72.5 Å². The number of nitrogens with one attached hydrogen (secondary N) is 1. The molecule has 5 nitrogen and oxygen atoms in total. The van der Waals surface area contributed by atoms with Crippen LogP contribution in [0.15, 0.2) is 29.2 Å². The van der Waals surface area contributed by atoms with Crippen LogP contribution >= 0.6 is 10.7 Å². The Hall–Kier alpha value is -1.25. The summed E-state index contributed by atoms with van der Waals surface area (Å²) in [6, 6.07) is 4.99. The van der Waals surface area contributed by atoms with E-state index in [0.29, 0.717) is 0 Å². The minimum absolute atomic E-state index is 0.0375. The molecule has 1 N–H and O–H groups in total.